The van der Waals surface area contributed by atoms with Crippen LogP contribution in [0, 0.1) is 0 Å². The Kier molecular flexibility index (Phi) is 4.31. The molecule has 6 heteroatoms. The number of hydrogen-bond donors (Lipinski definition) is 1. The summed E-state index contributed by atoms with van der Waals surface area (Å²) in [6.07, 6.45) is 11.1. The van der Waals surface area contributed by atoms with Gasteiger partial charge in [0.1, 0.15) is 0 Å². The molecule has 6 nitrogen and oxygen atoms in total. The topological polar surface area (TPSA) is 65.4 Å². The van der Waals surface area contributed by atoms with E-state index in [9.17, 15) is 4.79 Å². The second-order valence-electron chi connectivity index (χ2n) is 5.91. The van der Waals surface area contributed by atoms with Crippen molar-refractivity contribution < 1.29 is 14.3 Å². The molecule has 3 heterocycles. The fraction of sp³-hybridized carbons (Fsp3) is 0.200. The molecular weight excluding hydrogens is 330 g/mol. The van der Waals surface area contributed by atoms with Gasteiger partial charge >= 0.3 is 6.09 Å². The average molecular weight is 349 g/mol. The number of ether oxygens (including phenoxy) is 2. The Balaban J connectivity index is 1.90. The third-order valence-corrected chi connectivity index (χ3v) is 4.15. The second-order valence-corrected chi connectivity index (χ2v) is 5.91. The number of amides is 1. The molecule has 0 atom stereocenters. The number of aromatic nitrogens is 2. The quantitative estimate of drug-likeness (QED) is 0.911. The van der Waals surface area contributed by atoms with Crippen molar-refractivity contribution in [3.8, 4) is 11.6 Å². The first-order chi connectivity index (χ1) is 12.8. The minimum Gasteiger partial charge on any atom is -0.449 e. The Morgan fingerprint density at radius 2 is 2.27 bits per heavy atom. The highest BCUT2D eigenvalue weighted by atomic mass is 16.6. The number of allylic oxidation sites excluding steroid dienone is 3. The third-order valence-electron chi connectivity index (χ3n) is 4.15. The standard InChI is InChI=1S/C20H19N3O3/c1-2-21-20(24)26-18-15-10-7-13-23(15)19-16(11-6-12-22-19)25-17(18)14-8-4-3-5-9-14/h4,6-13H,2-3,5H2,1H3,(H,21,24). The van der Waals surface area contributed by atoms with Crippen molar-refractivity contribution in [1.82, 2.24) is 14.9 Å². The van der Waals surface area contributed by atoms with Gasteiger partial charge in [-0.15, -0.1) is 0 Å². The summed E-state index contributed by atoms with van der Waals surface area (Å²) in [5.41, 5.74) is 1.60. The van der Waals surface area contributed by atoms with E-state index < -0.39 is 6.09 Å². The fourth-order valence-corrected chi connectivity index (χ4v) is 3.01. The van der Waals surface area contributed by atoms with Gasteiger partial charge in [0, 0.05) is 24.5 Å². The van der Waals surface area contributed by atoms with Crippen LogP contribution in [0.25, 0.3) is 11.6 Å². The molecule has 2 aromatic rings. The minimum atomic E-state index is -0.518. The molecule has 2 aliphatic rings. The number of carbonyl (C=O) groups excluding carboxylic acids is 1. The van der Waals surface area contributed by atoms with Crippen molar-refractivity contribution >= 4 is 11.9 Å². The Hall–Kier alpha value is -3.28. The number of hydrogen-bond acceptors (Lipinski definition) is 4. The van der Waals surface area contributed by atoms with E-state index >= 15 is 0 Å². The van der Waals surface area contributed by atoms with Crippen molar-refractivity contribution in [2.75, 3.05) is 6.54 Å². The lowest BCUT2D eigenvalue weighted by Gasteiger charge is -2.16. The van der Waals surface area contributed by atoms with E-state index in [0.29, 0.717) is 35.3 Å². The molecule has 0 radical (unpaired) electrons. The van der Waals surface area contributed by atoms with Crippen LogP contribution in [0.4, 0.5) is 4.79 Å². The molecule has 0 fully saturated rings. The highest BCUT2D eigenvalue weighted by Crippen LogP contribution is 2.37. The van der Waals surface area contributed by atoms with Crippen LogP contribution in [0.3, 0.4) is 0 Å². The van der Waals surface area contributed by atoms with E-state index in [4.69, 9.17) is 9.47 Å². The zero-order valence-electron chi connectivity index (χ0n) is 14.4. The van der Waals surface area contributed by atoms with Gasteiger partial charge in [-0.25, -0.2) is 9.78 Å². The summed E-state index contributed by atoms with van der Waals surface area (Å²) >= 11 is 0. The van der Waals surface area contributed by atoms with E-state index in [0.717, 1.165) is 18.4 Å². The maximum atomic E-state index is 12.2. The largest absolute Gasteiger partial charge is 0.449 e. The Morgan fingerprint density at radius 1 is 1.35 bits per heavy atom. The molecule has 1 N–H and O–H groups in total. The van der Waals surface area contributed by atoms with Crippen molar-refractivity contribution in [3.63, 3.8) is 0 Å². The number of rotatable bonds is 3. The monoisotopic (exact) mass is 349 g/mol. The number of pyridine rings is 1. The summed E-state index contributed by atoms with van der Waals surface area (Å²) in [7, 11) is 0. The highest BCUT2D eigenvalue weighted by Gasteiger charge is 2.28. The van der Waals surface area contributed by atoms with Crippen LogP contribution in [-0.4, -0.2) is 22.2 Å². The second kappa shape index (κ2) is 6.92. The predicted molar refractivity (Wildman–Crippen MR) is 97.7 cm³/mol. The molecule has 0 saturated carbocycles. The smallest absolute Gasteiger partial charge is 0.412 e. The van der Waals surface area contributed by atoms with Gasteiger partial charge < -0.3 is 14.8 Å². The molecule has 0 unspecified atom stereocenters. The number of carbonyl (C=O) groups is 1. The van der Waals surface area contributed by atoms with Gasteiger partial charge in [0.15, 0.2) is 23.1 Å². The molecule has 132 valence electrons. The Labute approximate surface area is 151 Å². The SMILES string of the molecule is CCNC(=O)OC1=C(C2=CCCC=C2)Oc2cccnc2-n2cccc21. The molecule has 26 heavy (non-hydrogen) atoms. The lowest BCUT2D eigenvalue weighted by molar-refractivity contribution is 0.190. The van der Waals surface area contributed by atoms with E-state index in [2.05, 4.69) is 22.5 Å². The van der Waals surface area contributed by atoms with E-state index in [-0.39, 0.29) is 0 Å². The lowest BCUT2D eigenvalue weighted by atomic mass is 10.0. The number of nitrogens with one attached hydrogen (secondary N) is 1. The van der Waals surface area contributed by atoms with Crippen LogP contribution in [0.5, 0.6) is 5.75 Å². The van der Waals surface area contributed by atoms with E-state index in [1.165, 1.54) is 0 Å². The maximum Gasteiger partial charge on any atom is 0.412 e. The first-order valence-electron chi connectivity index (χ1n) is 8.66. The number of alkyl carbamates (subject to hydrolysis) is 1. The van der Waals surface area contributed by atoms with Gasteiger partial charge in [-0.05, 0) is 44.0 Å². The van der Waals surface area contributed by atoms with Crippen LogP contribution in [0.1, 0.15) is 25.5 Å². The van der Waals surface area contributed by atoms with Crippen molar-refractivity contribution in [2.24, 2.45) is 0 Å². The molecule has 0 aromatic carbocycles. The summed E-state index contributed by atoms with van der Waals surface area (Å²) in [6.45, 7) is 2.32. The lowest BCUT2D eigenvalue weighted by Crippen LogP contribution is -2.24. The van der Waals surface area contributed by atoms with Crippen LogP contribution in [0.2, 0.25) is 0 Å². The number of fused-ring (bicyclic) bond motifs is 3. The summed E-state index contributed by atoms with van der Waals surface area (Å²) in [5, 5.41) is 2.67. The van der Waals surface area contributed by atoms with Crippen molar-refractivity contribution in [1.29, 1.82) is 0 Å². The van der Waals surface area contributed by atoms with Crippen LogP contribution < -0.4 is 10.1 Å². The zero-order valence-corrected chi connectivity index (χ0v) is 14.4. The van der Waals surface area contributed by atoms with Gasteiger partial charge in [0.05, 0.1) is 5.69 Å². The highest BCUT2D eigenvalue weighted by molar-refractivity contribution is 5.80. The van der Waals surface area contributed by atoms with Crippen molar-refractivity contribution in [2.45, 2.75) is 19.8 Å². The fourth-order valence-electron chi connectivity index (χ4n) is 3.01. The summed E-state index contributed by atoms with van der Waals surface area (Å²) in [6, 6.07) is 7.45. The Bertz CT molecular complexity index is 937. The van der Waals surface area contributed by atoms with E-state index in [1.54, 1.807) is 6.20 Å². The average Bonchev–Trinajstić information content (AvgIpc) is 3.11. The van der Waals surface area contributed by atoms with Gasteiger partial charge in [-0.2, -0.15) is 0 Å². The van der Waals surface area contributed by atoms with Gasteiger partial charge in [0.2, 0.25) is 0 Å². The molecule has 2 aromatic heterocycles. The van der Waals surface area contributed by atoms with Gasteiger partial charge in [0.25, 0.3) is 0 Å². The molecule has 1 aliphatic carbocycles. The molecule has 4 rings (SSSR count). The molecule has 0 spiro atoms. The summed E-state index contributed by atoms with van der Waals surface area (Å²) in [5.74, 6) is 2.14. The van der Waals surface area contributed by atoms with Gasteiger partial charge in [-0.1, -0.05) is 18.2 Å². The number of nitrogens with zero attached hydrogens (tertiary/aromatic N) is 2. The Morgan fingerprint density at radius 3 is 3.08 bits per heavy atom. The van der Waals surface area contributed by atoms with Crippen LogP contribution in [-0.2, 0) is 4.74 Å². The predicted octanol–water partition coefficient (Wildman–Crippen LogP) is 3.96. The molecule has 1 amide bonds. The van der Waals surface area contributed by atoms with Crippen LogP contribution in [0.15, 0.2) is 66.2 Å². The first-order valence-corrected chi connectivity index (χ1v) is 8.66. The molecule has 0 saturated heterocycles. The summed E-state index contributed by atoms with van der Waals surface area (Å²) in [4.78, 5) is 16.6. The van der Waals surface area contributed by atoms with Gasteiger partial charge in [-0.3, -0.25) is 4.57 Å². The first kappa shape index (κ1) is 16.2. The normalized spacial score (nSPS) is 15.3. The van der Waals surface area contributed by atoms with Crippen molar-refractivity contribution in [3.05, 3.63) is 71.9 Å². The van der Waals surface area contributed by atoms with Crippen LogP contribution >= 0.6 is 0 Å². The van der Waals surface area contributed by atoms with E-state index in [1.807, 2.05) is 48.0 Å². The zero-order chi connectivity index (χ0) is 17.9. The summed E-state index contributed by atoms with van der Waals surface area (Å²) < 4.78 is 13.7. The molecule has 1 aliphatic heterocycles. The minimum absolute atomic E-state index is 0.372. The molecular formula is C20H19N3O3. The molecule has 0 bridgehead atoms. The maximum absolute atomic E-state index is 12.2. The third kappa shape index (κ3) is 2.90.